The monoisotopic (exact) mass is 522 g/mol. The fraction of sp³-hybridized carbons (Fsp3) is 0.281. The molecule has 0 radical (unpaired) electrons. The van der Waals surface area contributed by atoms with Crippen LogP contribution in [0, 0.1) is 5.41 Å². The smallest absolute Gasteiger partial charge is 0.276 e. The van der Waals surface area contributed by atoms with Gasteiger partial charge in [0.15, 0.2) is 11.5 Å². The van der Waals surface area contributed by atoms with E-state index in [0.717, 1.165) is 29.9 Å². The highest BCUT2D eigenvalue weighted by molar-refractivity contribution is 5.99. The third-order valence-electron chi connectivity index (χ3n) is 6.66. The highest BCUT2D eigenvalue weighted by Gasteiger charge is 2.29. The molecule has 2 heterocycles. The van der Waals surface area contributed by atoms with E-state index in [1.807, 2.05) is 98.5 Å². The molecule has 7 heteroatoms. The summed E-state index contributed by atoms with van der Waals surface area (Å²) in [5, 5.41) is 2.95. The van der Waals surface area contributed by atoms with Gasteiger partial charge in [-0.1, -0.05) is 57.2 Å². The molecule has 1 aromatic heterocycles. The molecule has 0 bridgehead atoms. The Morgan fingerprint density at radius 2 is 1.44 bits per heavy atom. The van der Waals surface area contributed by atoms with Crippen molar-refractivity contribution < 1.29 is 14.0 Å². The Labute approximate surface area is 229 Å². The van der Waals surface area contributed by atoms with Crippen LogP contribution in [0.4, 0.5) is 11.4 Å². The molecule has 1 saturated heterocycles. The van der Waals surface area contributed by atoms with Crippen LogP contribution in [0.5, 0.6) is 0 Å². The van der Waals surface area contributed by atoms with Gasteiger partial charge in [-0.25, -0.2) is 4.98 Å². The molecule has 0 spiro atoms. The number of anilines is 2. The maximum atomic E-state index is 13.8. The van der Waals surface area contributed by atoms with Crippen molar-refractivity contribution in [3.8, 4) is 22.8 Å². The summed E-state index contributed by atoms with van der Waals surface area (Å²) in [5.41, 5.74) is 3.59. The van der Waals surface area contributed by atoms with E-state index >= 15 is 0 Å². The first-order chi connectivity index (χ1) is 18.8. The van der Waals surface area contributed by atoms with Crippen LogP contribution in [0.25, 0.3) is 22.8 Å². The number of rotatable bonds is 6. The van der Waals surface area contributed by atoms with Gasteiger partial charge in [0, 0.05) is 55.1 Å². The first-order valence-electron chi connectivity index (χ1n) is 13.3. The highest BCUT2D eigenvalue weighted by Crippen LogP contribution is 2.32. The van der Waals surface area contributed by atoms with Gasteiger partial charge in [0.05, 0.1) is 0 Å². The summed E-state index contributed by atoms with van der Waals surface area (Å²) >= 11 is 0. The molecular weight excluding hydrogens is 488 g/mol. The zero-order chi connectivity index (χ0) is 27.4. The first kappa shape index (κ1) is 26.2. The number of oxazole rings is 1. The van der Waals surface area contributed by atoms with Gasteiger partial charge in [0.1, 0.15) is 0 Å². The van der Waals surface area contributed by atoms with Gasteiger partial charge in [-0.3, -0.25) is 9.59 Å². The van der Waals surface area contributed by atoms with Crippen LogP contribution in [0.3, 0.4) is 0 Å². The lowest BCUT2D eigenvalue weighted by Crippen LogP contribution is -2.49. The van der Waals surface area contributed by atoms with Crippen LogP contribution in [-0.4, -0.2) is 47.9 Å². The molecule has 3 aromatic carbocycles. The van der Waals surface area contributed by atoms with E-state index in [-0.39, 0.29) is 17.2 Å². The Balaban J connectivity index is 1.38. The zero-order valence-electron chi connectivity index (χ0n) is 22.7. The summed E-state index contributed by atoms with van der Waals surface area (Å²) < 4.78 is 6.22. The Morgan fingerprint density at radius 3 is 2.05 bits per heavy atom. The molecule has 2 amide bonds. The van der Waals surface area contributed by atoms with Gasteiger partial charge in [-0.15, -0.1) is 0 Å². The van der Waals surface area contributed by atoms with Gasteiger partial charge >= 0.3 is 0 Å². The van der Waals surface area contributed by atoms with Crippen molar-refractivity contribution in [2.45, 2.75) is 27.2 Å². The number of nitrogens with one attached hydrogen (secondary N) is 1. The number of benzene rings is 3. The predicted octanol–water partition coefficient (Wildman–Crippen LogP) is 6.35. The SMILES string of the molecule is CC(C)(C)CC(=O)Nc1ccc(-c2oc(-c3ccccc3)nc2C(=O)N2CCN(c3ccccc3)CC2)cc1. The number of carbonyl (C=O) groups is 2. The van der Waals surface area contributed by atoms with E-state index in [1.165, 1.54) is 0 Å². The number of nitrogens with zero attached hydrogens (tertiary/aromatic N) is 3. The minimum atomic E-state index is -0.147. The summed E-state index contributed by atoms with van der Waals surface area (Å²) in [4.78, 5) is 34.9. The summed E-state index contributed by atoms with van der Waals surface area (Å²) in [7, 11) is 0. The van der Waals surface area contributed by atoms with E-state index in [2.05, 4.69) is 27.3 Å². The van der Waals surface area contributed by atoms with Gasteiger partial charge in [-0.2, -0.15) is 0 Å². The lowest BCUT2D eigenvalue weighted by molar-refractivity contribution is -0.117. The molecule has 5 rings (SSSR count). The van der Waals surface area contributed by atoms with Crippen LogP contribution in [-0.2, 0) is 4.79 Å². The quantitative estimate of drug-likeness (QED) is 0.319. The number of para-hydroxylation sites is 1. The Morgan fingerprint density at radius 1 is 0.821 bits per heavy atom. The molecule has 1 fully saturated rings. The maximum absolute atomic E-state index is 13.8. The van der Waals surface area contributed by atoms with Crippen molar-refractivity contribution in [1.82, 2.24) is 9.88 Å². The summed E-state index contributed by atoms with van der Waals surface area (Å²) in [6, 6.07) is 27.2. The van der Waals surface area contributed by atoms with Crippen molar-refractivity contribution in [1.29, 1.82) is 0 Å². The number of piperazine rings is 1. The molecule has 0 aliphatic carbocycles. The molecule has 0 saturated carbocycles. The summed E-state index contributed by atoms with van der Waals surface area (Å²) in [5.74, 6) is 0.648. The van der Waals surface area contributed by atoms with Crippen molar-refractivity contribution >= 4 is 23.2 Å². The highest BCUT2D eigenvalue weighted by atomic mass is 16.4. The Kier molecular flexibility index (Phi) is 7.50. The lowest BCUT2D eigenvalue weighted by atomic mass is 9.92. The number of carbonyl (C=O) groups excluding carboxylic acids is 2. The molecule has 4 aromatic rings. The largest absolute Gasteiger partial charge is 0.435 e. The van der Waals surface area contributed by atoms with E-state index in [4.69, 9.17) is 4.42 Å². The number of hydrogen-bond acceptors (Lipinski definition) is 5. The van der Waals surface area contributed by atoms with Crippen LogP contribution in [0.2, 0.25) is 0 Å². The second-order valence-electron chi connectivity index (χ2n) is 11.0. The number of amides is 2. The molecule has 7 nitrogen and oxygen atoms in total. The topological polar surface area (TPSA) is 78.7 Å². The third kappa shape index (κ3) is 6.37. The second kappa shape index (κ2) is 11.2. The van der Waals surface area contributed by atoms with E-state index in [0.29, 0.717) is 42.5 Å². The fourth-order valence-corrected chi connectivity index (χ4v) is 4.71. The normalized spacial score (nSPS) is 13.8. The van der Waals surface area contributed by atoms with E-state index in [9.17, 15) is 9.59 Å². The predicted molar refractivity (Wildman–Crippen MR) is 155 cm³/mol. The van der Waals surface area contributed by atoms with Gasteiger partial charge in [0.25, 0.3) is 5.91 Å². The molecular formula is C32H34N4O3. The standard InChI is InChI=1S/C32H34N4O3/c1-32(2,3)22-27(37)33-25-16-14-23(15-17-25)29-28(34-30(39-29)24-10-6-4-7-11-24)31(38)36-20-18-35(19-21-36)26-12-8-5-9-13-26/h4-17H,18-22H2,1-3H3,(H,33,37). The first-order valence-corrected chi connectivity index (χ1v) is 13.3. The Bertz CT molecular complexity index is 1420. The van der Waals surface area contributed by atoms with Crippen molar-refractivity contribution in [3.63, 3.8) is 0 Å². The fourth-order valence-electron chi connectivity index (χ4n) is 4.71. The zero-order valence-corrected chi connectivity index (χ0v) is 22.7. The molecule has 39 heavy (non-hydrogen) atoms. The van der Waals surface area contributed by atoms with Crippen LogP contribution < -0.4 is 10.2 Å². The maximum Gasteiger partial charge on any atom is 0.276 e. The Hall–Kier alpha value is -4.39. The van der Waals surface area contributed by atoms with E-state index in [1.54, 1.807) is 0 Å². The van der Waals surface area contributed by atoms with Crippen LogP contribution in [0.15, 0.2) is 89.3 Å². The minimum absolute atomic E-state index is 0.0354. The minimum Gasteiger partial charge on any atom is -0.435 e. The van der Waals surface area contributed by atoms with Crippen LogP contribution in [0.1, 0.15) is 37.7 Å². The van der Waals surface area contributed by atoms with Crippen molar-refractivity contribution in [2.75, 3.05) is 36.4 Å². The molecule has 200 valence electrons. The lowest BCUT2D eigenvalue weighted by Gasteiger charge is -2.35. The van der Waals surface area contributed by atoms with Crippen molar-refractivity contribution in [3.05, 3.63) is 90.6 Å². The van der Waals surface area contributed by atoms with Crippen LogP contribution >= 0.6 is 0 Å². The number of hydrogen-bond donors (Lipinski definition) is 1. The van der Waals surface area contributed by atoms with Gasteiger partial charge in [-0.05, 0) is 53.9 Å². The average molecular weight is 523 g/mol. The van der Waals surface area contributed by atoms with Gasteiger partial charge < -0.3 is 19.5 Å². The molecule has 1 N–H and O–H groups in total. The second-order valence-corrected chi connectivity index (χ2v) is 11.0. The molecule has 0 unspecified atom stereocenters. The average Bonchev–Trinajstić information content (AvgIpc) is 3.39. The molecule has 1 aliphatic heterocycles. The molecule has 0 atom stereocenters. The summed E-state index contributed by atoms with van der Waals surface area (Å²) in [6.45, 7) is 8.78. The van der Waals surface area contributed by atoms with Crippen molar-refractivity contribution in [2.24, 2.45) is 5.41 Å². The van der Waals surface area contributed by atoms with Gasteiger partial charge in [0.2, 0.25) is 11.8 Å². The number of aromatic nitrogens is 1. The molecule has 1 aliphatic rings. The van der Waals surface area contributed by atoms with E-state index < -0.39 is 0 Å². The third-order valence-corrected chi connectivity index (χ3v) is 6.66. The summed E-state index contributed by atoms with van der Waals surface area (Å²) in [6.07, 6.45) is 0.424.